The van der Waals surface area contributed by atoms with Crippen LogP contribution in [0.25, 0.3) is 0 Å². The molecule has 0 bridgehead atoms. The molecule has 0 radical (unpaired) electrons. The van der Waals surface area contributed by atoms with Gasteiger partial charge in [-0.25, -0.2) is 0 Å². The fourth-order valence-corrected chi connectivity index (χ4v) is 2.80. The second-order valence-corrected chi connectivity index (χ2v) is 5.73. The van der Waals surface area contributed by atoms with Crippen molar-refractivity contribution in [3.63, 3.8) is 0 Å². The molecule has 0 saturated heterocycles. The summed E-state index contributed by atoms with van der Waals surface area (Å²) < 4.78 is 39.2. The van der Waals surface area contributed by atoms with E-state index in [1.54, 1.807) is 0 Å². The number of halogens is 5. The van der Waals surface area contributed by atoms with Crippen LogP contribution in [0, 0.1) is 0 Å². The lowest BCUT2D eigenvalue weighted by molar-refractivity contribution is -0.137. The first-order chi connectivity index (χ1) is 9.29. The smallest absolute Gasteiger partial charge is 0.397 e. The lowest BCUT2D eigenvalue weighted by atomic mass is 10.1. The number of hydrogen-bond donors (Lipinski definition) is 2. The van der Waals surface area contributed by atoms with Gasteiger partial charge in [0.05, 0.1) is 22.6 Å². The Bertz CT molecular complexity index is 622. The fourth-order valence-electron chi connectivity index (χ4n) is 1.60. The van der Waals surface area contributed by atoms with Crippen LogP contribution in [-0.4, -0.2) is 0 Å². The van der Waals surface area contributed by atoms with E-state index in [2.05, 4.69) is 37.2 Å². The fraction of sp³-hybridized carbons (Fsp3) is 0.0769. The minimum absolute atomic E-state index is 0.0301. The van der Waals surface area contributed by atoms with Crippen LogP contribution in [0.15, 0.2) is 45.3 Å². The Morgan fingerprint density at radius 2 is 1.60 bits per heavy atom. The first-order valence-electron chi connectivity index (χ1n) is 5.47. The molecule has 7 heteroatoms. The third-order valence-electron chi connectivity index (χ3n) is 2.60. The zero-order valence-corrected chi connectivity index (χ0v) is 13.1. The largest absolute Gasteiger partial charge is 0.416 e. The second-order valence-electron chi connectivity index (χ2n) is 4.02. The van der Waals surface area contributed by atoms with Crippen LogP contribution in [0.2, 0.25) is 0 Å². The van der Waals surface area contributed by atoms with Gasteiger partial charge in [0.2, 0.25) is 0 Å². The average Bonchev–Trinajstić information content (AvgIpc) is 2.34. The summed E-state index contributed by atoms with van der Waals surface area (Å²) in [6.45, 7) is 0. The van der Waals surface area contributed by atoms with E-state index < -0.39 is 11.7 Å². The number of nitrogens with two attached hydrogens (primary N) is 1. The van der Waals surface area contributed by atoms with Gasteiger partial charge in [-0.2, -0.15) is 13.2 Å². The lowest BCUT2D eigenvalue weighted by Gasteiger charge is -2.14. The number of nitrogens with one attached hydrogen (secondary N) is 1. The van der Waals surface area contributed by atoms with Crippen LogP contribution in [0.5, 0.6) is 0 Å². The molecular formula is C13H9Br2F3N2. The monoisotopic (exact) mass is 408 g/mol. The standard InChI is InChI=1S/C13H9Br2F3N2/c14-8-2-1-3-9(15)12(8)20-11-5-4-7(6-10(11)19)13(16,17)18/h1-6,20H,19H2. The minimum Gasteiger partial charge on any atom is -0.397 e. The predicted molar refractivity (Wildman–Crippen MR) is 81.0 cm³/mol. The van der Waals surface area contributed by atoms with E-state index in [4.69, 9.17) is 5.73 Å². The molecule has 2 rings (SSSR count). The molecule has 0 aromatic heterocycles. The van der Waals surface area contributed by atoms with Crippen molar-refractivity contribution < 1.29 is 13.2 Å². The molecule has 20 heavy (non-hydrogen) atoms. The zero-order chi connectivity index (χ0) is 14.9. The summed E-state index contributed by atoms with van der Waals surface area (Å²) in [5.74, 6) is 0. The molecule has 0 unspecified atom stereocenters. The van der Waals surface area contributed by atoms with Crippen LogP contribution < -0.4 is 11.1 Å². The van der Waals surface area contributed by atoms with Gasteiger partial charge < -0.3 is 11.1 Å². The molecule has 2 nitrogen and oxygen atoms in total. The highest BCUT2D eigenvalue weighted by Crippen LogP contribution is 2.37. The van der Waals surface area contributed by atoms with E-state index >= 15 is 0 Å². The SMILES string of the molecule is Nc1cc(C(F)(F)F)ccc1Nc1c(Br)cccc1Br. The number of nitrogen functional groups attached to an aromatic ring is 1. The molecular weight excluding hydrogens is 401 g/mol. The summed E-state index contributed by atoms with van der Waals surface area (Å²) in [6, 6.07) is 8.66. The molecule has 0 aliphatic heterocycles. The van der Waals surface area contributed by atoms with E-state index in [0.29, 0.717) is 11.4 Å². The Balaban J connectivity index is 2.36. The average molecular weight is 410 g/mol. The van der Waals surface area contributed by atoms with Gasteiger partial charge >= 0.3 is 6.18 Å². The summed E-state index contributed by atoms with van der Waals surface area (Å²) in [5, 5.41) is 3.00. The Morgan fingerprint density at radius 1 is 1.00 bits per heavy atom. The van der Waals surface area contributed by atoms with Crippen LogP contribution in [0.4, 0.5) is 30.2 Å². The number of anilines is 3. The third kappa shape index (κ3) is 3.27. The molecule has 0 amide bonds. The van der Waals surface area contributed by atoms with E-state index in [1.807, 2.05) is 18.2 Å². The van der Waals surface area contributed by atoms with Gasteiger partial charge in [-0.05, 0) is 62.2 Å². The molecule has 0 saturated carbocycles. The van der Waals surface area contributed by atoms with Gasteiger partial charge in [0, 0.05) is 8.95 Å². The topological polar surface area (TPSA) is 38.0 Å². The molecule has 0 heterocycles. The summed E-state index contributed by atoms with van der Waals surface area (Å²) in [6.07, 6.45) is -4.40. The minimum atomic E-state index is -4.40. The molecule has 2 aromatic carbocycles. The van der Waals surface area contributed by atoms with E-state index in [-0.39, 0.29) is 5.69 Å². The number of hydrogen-bond acceptors (Lipinski definition) is 2. The van der Waals surface area contributed by atoms with Crippen molar-refractivity contribution in [3.8, 4) is 0 Å². The van der Waals surface area contributed by atoms with E-state index in [9.17, 15) is 13.2 Å². The number of benzene rings is 2. The number of para-hydroxylation sites is 1. The maximum atomic E-state index is 12.6. The van der Waals surface area contributed by atoms with Crippen LogP contribution in [0.3, 0.4) is 0 Å². The maximum absolute atomic E-state index is 12.6. The molecule has 0 atom stereocenters. The second kappa shape index (κ2) is 5.65. The van der Waals surface area contributed by atoms with Crippen LogP contribution in [-0.2, 0) is 6.18 Å². The van der Waals surface area contributed by atoms with Crippen molar-refractivity contribution >= 4 is 48.9 Å². The molecule has 0 spiro atoms. The first kappa shape index (κ1) is 15.2. The highest BCUT2D eigenvalue weighted by molar-refractivity contribution is 9.11. The maximum Gasteiger partial charge on any atom is 0.416 e. The quantitative estimate of drug-likeness (QED) is 0.637. The van der Waals surface area contributed by atoms with Crippen molar-refractivity contribution in [1.82, 2.24) is 0 Å². The van der Waals surface area contributed by atoms with Gasteiger partial charge in [-0.1, -0.05) is 6.07 Å². The summed E-state index contributed by atoms with van der Waals surface area (Å²) >= 11 is 6.72. The van der Waals surface area contributed by atoms with Crippen molar-refractivity contribution in [2.45, 2.75) is 6.18 Å². The van der Waals surface area contributed by atoms with Crippen molar-refractivity contribution in [2.24, 2.45) is 0 Å². The molecule has 2 aromatic rings. The molecule has 0 fully saturated rings. The van der Waals surface area contributed by atoms with Crippen molar-refractivity contribution in [2.75, 3.05) is 11.1 Å². The summed E-state index contributed by atoms with van der Waals surface area (Å²) in [7, 11) is 0. The van der Waals surface area contributed by atoms with Gasteiger partial charge in [0.15, 0.2) is 0 Å². The van der Waals surface area contributed by atoms with Crippen molar-refractivity contribution in [1.29, 1.82) is 0 Å². The predicted octanol–water partition coefficient (Wildman–Crippen LogP) is 5.56. The van der Waals surface area contributed by atoms with E-state index in [0.717, 1.165) is 21.1 Å². The Morgan fingerprint density at radius 3 is 2.10 bits per heavy atom. The lowest BCUT2D eigenvalue weighted by Crippen LogP contribution is -2.06. The van der Waals surface area contributed by atoms with Crippen LogP contribution >= 0.6 is 31.9 Å². The molecule has 0 aliphatic rings. The van der Waals surface area contributed by atoms with Crippen molar-refractivity contribution in [3.05, 3.63) is 50.9 Å². The molecule has 0 aliphatic carbocycles. The summed E-state index contributed by atoms with van der Waals surface area (Å²) in [4.78, 5) is 0. The Hall–Kier alpha value is -1.21. The Kier molecular flexibility index (Phi) is 4.29. The number of rotatable bonds is 2. The number of alkyl halides is 3. The highest BCUT2D eigenvalue weighted by Gasteiger charge is 2.30. The summed E-state index contributed by atoms with van der Waals surface area (Å²) in [5.41, 5.74) is 6.03. The van der Waals surface area contributed by atoms with Gasteiger partial charge in [0.25, 0.3) is 0 Å². The Labute approximate surface area is 130 Å². The van der Waals surface area contributed by atoms with Gasteiger partial charge in [-0.3, -0.25) is 0 Å². The van der Waals surface area contributed by atoms with Gasteiger partial charge in [-0.15, -0.1) is 0 Å². The molecule has 3 N–H and O–H groups in total. The first-order valence-corrected chi connectivity index (χ1v) is 7.05. The molecule has 106 valence electrons. The highest BCUT2D eigenvalue weighted by atomic mass is 79.9. The third-order valence-corrected chi connectivity index (χ3v) is 3.92. The van der Waals surface area contributed by atoms with E-state index in [1.165, 1.54) is 6.07 Å². The zero-order valence-electron chi connectivity index (χ0n) is 9.93. The van der Waals surface area contributed by atoms with Gasteiger partial charge in [0.1, 0.15) is 0 Å². The normalized spacial score (nSPS) is 11.4. The van der Waals surface area contributed by atoms with Crippen LogP contribution in [0.1, 0.15) is 5.56 Å².